The van der Waals surface area contributed by atoms with Crippen LogP contribution in [0.2, 0.25) is 0 Å². The van der Waals surface area contributed by atoms with Gasteiger partial charge in [-0.15, -0.1) is 0 Å². The highest BCUT2D eigenvalue weighted by Gasteiger charge is 2.58. The first-order valence-electron chi connectivity index (χ1n) is 35.4. The number of aryl methyl sites for hydroxylation is 1. The summed E-state index contributed by atoms with van der Waals surface area (Å²) < 4.78 is 197. The first kappa shape index (κ1) is 88.0. The van der Waals surface area contributed by atoms with E-state index in [1.807, 2.05) is 11.4 Å². The Kier molecular flexibility index (Phi) is 27.4. The summed E-state index contributed by atoms with van der Waals surface area (Å²) in [6, 6.07) is 8.94. The topological polar surface area (TPSA) is 370 Å². The van der Waals surface area contributed by atoms with Gasteiger partial charge in [0.25, 0.3) is 5.91 Å². The summed E-state index contributed by atoms with van der Waals surface area (Å²) in [5.41, 5.74) is -8.41. The highest BCUT2D eigenvalue weighted by Crippen LogP contribution is 2.47. The van der Waals surface area contributed by atoms with Crippen molar-refractivity contribution in [3.8, 4) is 34.9 Å². The van der Waals surface area contributed by atoms with Crippen LogP contribution < -0.4 is 36.1 Å². The zero-order valence-electron chi connectivity index (χ0n) is 63.5. The second kappa shape index (κ2) is 35.8. The molecule has 7 N–H and O–H groups in total. The minimum absolute atomic E-state index is 0.0749. The average Bonchev–Trinajstić information content (AvgIpc) is 1.55. The maximum atomic E-state index is 16.9. The predicted molar refractivity (Wildman–Crippen MR) is 387 cm³/mol. The first-order chi connectivity index (χ1) is 53.8. The number of phosphoric ester groups is 1. The van der Waals surface area contributed by atoms with Crippen LogP contribution in [-0.4, -0.2) is 190 Å². The van der Waals surface area contributed by atoms with Gasteiger partial charge in [-0.3, -0.25) is 39.3 Å². The van der Waals surface area contributed by atoms with E-state index in [1.54, 1.807) is 5.32 Å². The van der Waals surface area contributed by atoms with Crippen LogP contribution in [0.15, 0.2) is 91.4 Å². The second-order valence-corrected chi connectivity index (χ2v) is 30.5. The van der Waals surface area contributed by atoms with Crippen LogP contribution >= 0.6 is 7.82 Å². The Labute approximate surface area is 652 Å². The van der Waals surface area contributed by atoms with Crippen LogP contribution in [0.4, 0.5) is 65.1 Å². The van der Waals surface area contributed by atoms with E-state index < -0.39 is 176 Å². The molecule has 3 fully saturated rings. The molecule has 0 spiro atoms. The number of hydrazine groups is 1. The number of methoxy groups -OCH3 is 3. The molecule has 2 bridgehead atoms. The summed E-state index contributed by atoms with van der Waals surface area (Å²) in [4.78, 5) is 133. The van der Waals surface area contributed by atoms with Gasteiger partial charge in [0.1, 0.15) is 35.6 Å². The summed E-state index contributed by atoms with van der Waals surface area (Å²) in [6.07, 6.45) is -13.1. The van der Waals surface area contributed by atoms with Crippen molar-refractivity contribution < 1.29 is 120 Å². The van der Waals surface area contributed by atoms with Gasteiger partial charge in [-0.05, 0) is 125 Å². The number of anilines is 2. The number of hydrogen-bond donors (Lipinski definition) is 7. The Balaban J connectivity index is 1.17. The number of carbonyl (C=O) groups excluding carboxylic acids is 7. The molecular weight excluding hydrogens is 1560 g/mol. The Morgan fingerprint density at radius 3 is 1.84 bits per heavy atom. The van der Waals surface area contributed by atoms with E-state index in [-0.39, 0.29) is 43.7 Å². The quantitative estimate of drug-likeness (QED) is 0.00573. The van der Waals surface area contributed by atoms with Gasteiger partial charge in [0, 0.05) is 83.7 Å². The highest BCUT2D eigenvalue weighted by atomic mass is 31.2. The lowest BCUT2D eigenvalue weighted by Crippen LogP contribution is -2.64. The van der Waals surface area contributed by atoms with E-state index in [0.717, 1.165) is 64.6 Å². The molecule has 40 heteroatoms. The van der Waals surface area contributed by atoms with Crippen molar-refractivity contribution in [2.24, 2.45) is 10.8 Å². The van der Waals surface area contributed by atoms with Crippen molar-refractivity contribution in [2.75, 3.05) is 64.4 Å². The molecule has 3 aliphatic rings. The number of halogens is 10. The van der Waals surface area contributed by atoms with E-state index in [9.17, 15) is 52.4 Å². The third kappa shape index (κ3) is 21.7. The van der Waals surface area contributed by atoms with Crippen LogP contribution in [0.1, 0.15) is 122 Å². The summed E-state index contributed by atoms with van der Waals surface area (Å²) >= 11 is 0. The fraction of sp³-hybridized carbons (Fsp3) is 0.453. The normalized spacial score (nSPS) is 16.5. The summed E-state index contributed by atoms with van der Waals surface area (Å²) in [5, 5.41) is 22.3. The molecule has 0 aliphatic carbocycles. The number of hydrogen-bond acceptors (Lipinski definition) is 21. The van der Waals surface area contributed by atoms with Gasteiger partial charge in [0.15, 0.2) is 0 Å². The molecule has 0 radical (unpaired) electrons. The molecule has 3 saturated heterocycles. The lowest BCUT2D eigenvalue weighted by Gasteiger charge is -2.47. The zero-order valence-corrected chi connectivity index (χ0v) is 64.4. The van der Waals surface area contributed by atoms with Gasteiger partial charge in [0.2, 0.25) is 17.8 Å². The van der Waals surface area contributed by atoms with Crippen molar-refractivity contribution in [3.63, 3.8) is 0 Å². The van der Waals surface area contributed by atoms with Crippen LogP contribution in [0.25, 0.3) is 11.3 Å². The molecule has 2 aromatic heterocycles. The number of phosphoric acid groups is 1. The lowest BCUT2D eigenvalue weighted by atomic mass is 9.77. The number of carbonyl (C=O) groups is 7. The molecule has 5 heterocycles. The third-order valence-corrected chi connectivity index (χ3v) is 20.3. The van der Waals surface area contributed by atoms with Crippen LogP contribution in [0.3, 0.4) is 0 Å². The maximum absolute atomic E-state index is 16.9. The number of fused-ring (bicyclic) bond motifs is 2. The third-order valence-electron chi connectivity index (χ3n) is 19.8. The predicted octanol–water partition coefficient (Wildman–Crippen LogP) is 9.55. The van der Waals surface area contributed by atoms with Crippen LogP contribution in [0, 0.1) is 52.6 Å². The number of alkyl halides is 8. The minimum Gasteiger partial charge on any atom is -0.465 e. The van der Waals surface area contributed by atoms with E-state index >= 15 is 44.7 Å². The molecule has 9 rings (SSSR count). The van der Waals surface area contributed by atoms with Crippen molar-refractivity contribution in [1.82, 2.24) is 51.0 Å². The number of nitriles is 1. The van der Waals surface area contributed by atoms with Crippen molar-refractivity contribution >= 4 is 61.3 Å². The lowest BCUT2D eigenvalue weighted by molar-refractivity contribution is -0.221. The average molecular weight is 1640 g/mol. The van der Waals surface area contributed by atoms with E-state index in [0.29, 0.717) is 106 Å². The van der Waals surface area contributed by atoms with Crippen LogP contribution in [-0.2, 0) is 72.2 Å². The molecule has 6 aromatic rings. The number of nitrogens with zero attached hydrogens (tertiary/aromatic N) is 8. The number of piperazine rings is 1. The van der Waals surface area contributed by atoms with Gasteiger partial charge in [-0.25, -0.2) is 47.4 Å². The molecule has 3 aliphatic heterocycles. The fourth-order valence-electron chi connectivity index (χ4n) is 13.6. The number of nitrogens with one attached hydrogen (secondary N) is 5. The molecule has 0 saturated carbocycles. The van der Waals surface area contributed by atoms with Gasteiger partial charge in [-0.1, -0.05) is 43.9 Å². The van der Waals surface area contributed by atoms with Crippen LogP contribution in [0.5, 0.6) is 5.75 Å². The van der Waals surface area contributed by atoms with E-state index in [2.05, 4.69) is 62.2 Å². The molecule has 5 amide bonds. The monoisotopic (exact) mass is 1640 g/mol. The number of aromatic nitrogens is 4. The number of rotatable bonds is 29. The number of amides is 5. The van der Waals surface area contributed by atoms with Crippen molar-refractivity contribution in [1.29, 1.82) is 5.26 Å². The summed E-state index contributed by atoms with van der Waals surface area (Å²) in [5.74, 6) is -4.29. The van der Waals surface area contributed by atoms with E-state index in [4.69, 9.17) is 18.7 Å². The fourth-order valence-corrected chi connectivity index (χ4v) is 14.0. The minimum atomic E-state index is -5.62. The Morgan fingerprint density at radius 2 is 1.32 bits per heavy atom. The number of alkyl carbamates (subject to hydrolysis) is 2. The first-order valence-corrected chi connectivity index (χ1v) is 36.9. The molecular formula is C75H82F10N13O16P. The van der Waals surface area contributed by atoms with Crippen molar-refractivity contribution in [3.05, 3.63) is 153 Å². The highest BCUT2D eigenvalue weighted by molar-refractivity contribution is 7.46. The van der Waals surface area contributed by atoms with Gasteiger partial charge < -0.3 is 54.4 Å². The molecule has 29 nitrogen and oxygen atoms in total. The summed E-state index contributed by atoms with van der Waals surface area (Å²) in [6.45, 7) is 2.67. The Bertz CT molecular complexity index is 4740. The largest absolute Gasteiger partial charge is 0.524 e. The molecule has 115 heavy (non-hydrogen) atoms. The van der Waals surface area contributed by atoms with Gasteiger partial charge in [0.05, 0.1) is 105 Å². The molecule has 2 unspecified atom stereocenters. The maximum Gasteiger partial charge on any atom is 0.524 e. The van der Waals surface area contributed by atoms with E-state index in [1.165, 1.54) is 69.6 Å². The Morgan fingerprint density at radius 1 is 0.739 bits per heavy atom. The zero-order chi connectivity index (χ0) is 84.6. The second-order valence-electron chi connectivity index (χ2n) is 29.4. The SMILES string of the molecule is COC(=O)N[C@H](C(=O)N[C@@H](Cc1ccc(C#Cc2cnc(N3CC4CCC(C3)N4C3COC3)nc2)cc1)[C@H](CN(Cc1c(F)cc(-c2ccn(C(F)F)n2)cc1F)NC(=O)[C@@H](NC(=O)OC)C(C)(C)C(F)(F)F)OC(=O)CC(C)(C)c1c(CC(=O)Nc2cc(C#N)cc(C(=O)OC)c2)cc(C)cc1OP(=O)(O)O)C(C)(C)C(F)(F)F. The summed E-state index contributed by atoms with van der Waals surface area (Å²) in [7, 11) is -3.10. The smallest absolute Gasteiger partial charge is 0.465 e. The molecule has 6 atom stereocenters. The van der Waals surface area contributed by atoms with Gasteiger partial charge in [-0.2, -0.15) is 45.5 Å². The number of benzene rings is 4. The van der Waals surface area contributed by atoms with Crippen molar-refractivity contribution in [2.45, 2.75) is 154 Å². The number of esters is 2. The van der Waals surface area contributed by atoms with Gasteiger partial charge >= 0.3 is 50.8 Å². The number of ether oxygens (including phenoxy) is 5. The Hall–Kier alpha value is -11.0. The molecule has 4 aromatic carbocycles. The molecule has 618 valence electrons. The standard InChI is InChI=1S/C75H82F10N13O16P/c1-40-21-46(29-59(99)89-48-24-44(31-86)23-47(26-48)66(103)109-8)61(57(22-40)114-115(106,107)108)71(2,3)30-60(100)113-58(37-96(94-65(102)63(92-70(105)111-10)73(6,7)75(83,84)85)36-52-53(76)27-45(28-54(52)77)55-19-20-97(93-55)67(78)79)56(90-64(101)62(91-69(104)110-9)72(4,5)74(80,81)82)25-42-14-11-41(12-15-42)13-16-43-32-87-68(88-33-43)95-34-49-17-18-50(35-95)98(49)51-38-112-39-51/h11-12,14-15,19-24,26-28,32-33,49-51,56,58,62-63,67H,17-18,25,29-30,34-39H2,1-10H3,(H,89,99)(H,90,101)(H,91,104)(H,92,105)(H,94,102)(H2,106,107,108)/t49?,50?,56-,58-,62+,63+/m0/s1.